The lowest BCUT2D eigenvalue weighted by atomic mass is 10.1. The molecule has 0 bridgehead atoms. The van der Waals surface area contributed by atoms with E-state index >= 15 is 0 Å². The molecule has 0 aliphatic carbocycles. The van der Waals surface area contributed by atoms with Crippen molar-refractivity contribution in [2.24, 2.45) is 0 Å². The van der Waals surface area contributed by atoms with Crippen molar-refractivity contribution in [3.05, 3.63) is 47.3 Å². The molecule has 2 aromatic rings. The molecule has 24 heavy (non-hydrogen) atoms. The molecule has 1 aromatic carbocycles. The van der Waals surface area contributed by atoms with Crippen LogP contribution in [-0.4, -0.2) is 57.5 Å². The van der Waals surface area contributed by atoms with Gasteiger partial charge in [0.15, 0.2) is 6.10 Å². The first-order chi connectivity index (χ1) is 11.5. The summed E-state index contributed by atoms with van der Waals surface area (Å²) in [7, 11) is 0. The van der Waals surface area contributed by atoms with Crippen LogP contribution in [0.1, 0.15) is 21.6 Å². The number of benzene rings is 1. The Morgan fingerprint density at radius 1 is 1.29 bits per heavy atom. The Balaban J connectivity index is 1.87. The Kier molecular flexibility index (Phi) is 4.35. The molecule has 1 amide bonds. The quantitative estimate of drug-likeness (QED) is 0.920. The number of hydrogen-bond donors (Lipinski definition) is 1. The third kappa shape index (κ3) is 2.90. The maximum Gasteiger partial charge on any atom is 0.334 e. The third-order valence-electron chi connectivity index (χ3n) is 4.21. The summed E-state index contributed by atoms with van der Waals surface area (Å²) in [5.41, 5.74) is 3.18. The predicted molar refractivity (Wildman–Crippen MR) is 86.3 cm³/mol. The number of hydrogen-bond acceptors (Lipinski definition) is 4. The van der Waals surface area contributed by atoms with Crippen LogP contribution in [0.2, 0.25) is 0 Å². The van der Waals surface area contributed by atoms with Crippen LogP contribution in [-0.2, 0) is 9.53 Å². The highest BCUT2D eigenvalue weighted by molar-refractivity contribution is 5.95. The molecule has 1 aliphatic heterocycles. The molecule has 1 N–H and O–H groups in total. The number of rotatable bonds is 3. The molecule has 0 spiro atoms. The standard InChI is InChI=1S/C17H19N3O4/c1-11-5-3-4-6-14(11)20-12(2)13(9-18-20)16(21)19-7-8-24-15(10-19)17(22)23/h3-6,9,15H,7-8,10H2,1-2H3,(H,22,23)/t15-/m0/s1. The maximum atomic E-state index is 12.7. The fraction of sp³-hybridized carbons (Fsp3) is 0.353. The number of amides is 1. The Hall–Kier alpha value is -2.67. The van der Waals surface area contributed by atoms with Crippen molar-refractivity contribution >= 4 is 11.9 Å². The average Bonchev–Trinajstić information content (AvgIpc) is 2.96. The minimum absolute atomic E-state index is 0.0448. The third-order valence-corrected chi connectivity index (χ3v) is 4.21. The summed E-state index contributed by atoms with van der Waals surface area (Å²) < 4.78 is 6.90. The van der Waals surface area contributed by atoms with Crippen molar-refractivity contribution in [2.75, 3.05) is 19.7 Å². The summed E-state index contributed by atoms with van der Waals surface area (Å²) >= 11 is 0. The first-order valence-corrected chi connectivity index (χ1v) is 7.73. The van der Waals surface area contributed by atoms with Gasteiger partial charge in [-0.15, -0.1) is 0 Å². The zero-order chi connectivity index (χ0) is 17.3. The lowest BCUT2D eigenvalue weighted by molar-refractivity contribution is -0.154. The van der Waals surface area contributed by atoms with Gasteiger partial charge in [0.25, 0.3) is 5.91 Å². The lowest BCUT2D eigenvalue weighted by Gasteiger charge is -2.30. The van der Waals surface area contributed by atoms with Gasteiger partial charge >= 0.3 is 5.97 Å². The van der Waals surface area contributed by atoms with E-state index in [0.29, 0.717) is 12.1 Å². The second-order valence-corrected chi connectivity index (χ2v) is 5.79. The topological polar surface area (TPSA) is 84.7 Å². The molecular weight excluding hydrogens is 310 g/mol. The van der Waals surface area contributed by atoms with Gasteiger partial charge in [0, 0.05) is 6.54 Å². The number of morpholine rings is 1. The van der Waals surface area contributed by atoms with Crippen LogP contribution in [0.15, 0.2) is 30.5 Å². The molecule has 3 rings (SSSR count). The molecule has 1 atom stereocenters. The number of carboxylic acid groups (broad SMARTS) is 1. The van der Waals surface area contributed by atoms with Crippen LogP contribution in [0.5, 0.6) is 0 Å². The van der Waals surface area contributed by atoms with Gasteiger partial charge in [-0.05, 0) is 25.5 Å². The van der Waals surface area contributed by atoms with E-state index in [9.17, 15) is 9.59 Å². The fourth-order valence-corrected chi connectivity index (χ4v) is 2.82. The van der Waals surface area contributed by atoms with E-state index in [4.69, 9.17) is 9.84 Å². The first-order valence-electron chi connectivity index (χ1n) is 7.73. The van der Waals surface area contributed by atoms with Crippen LogP contribution in [0.25, 0.3) is 5.69 Å². The highest BCUT2D eigenvalue weighted by Crippen LogP contribution is 2.19. The Bertz CT molecular complexity index is 784. The monoisotopic (exact) mass is 329 g/mol. The smallest absolute Gasteiger partial charge is 0.334 e. The molecule has 126 valence electrons. The summed E-state index contributed by atoms with van der Waals surface area (Å²) in [6.07, 6.45) is 0.560. The van der Waals surface area contributed by atoms with Crippen molar-refractivity contribution in [3.63, 3.8) is 0 Å². The normalized spacial score (nSPS) is 17.8. The highest BCUT2D eigenvalue weighted by atomic mass is 16.5. The maximum absolute atomic E-state index is 12.7. The highest BCUT2D eigenvalue weighted by Gasteiger charge is 2.31. The van der Waals surface area contributed by atoms with Gasteiger partial charge in [0.2, 0.25) is 0 Å². The number of aromatic nitrogens is 2. The summed E-state index contributed by atoms with van der Waals surface area (Å²) in [4.78, 5) is 25.3. The summed E-state index contributed by atoms with van der Waals surface area (Å²) in [6.45, 7) is 4.45. The van der Waals surface area contributed by atoms with Gasteiger partial charge in [0.05, 0.1) is 36.3 Å². The number of para-hydroxylation sites is 1. The molecular formula is C17H19N3O4. The minimum Gasteiger partial charge on any atom is -0.479 e. The van der Waals surface area contributed by atoms with Gasteiger partial charge in [0.1, 0.15) is 0 Å². The van der Waals surface area contributed by atoms with E-state index in [2.05, 4.69) is 5.10 Å². The largest absolute Gasteiger partial charge is 0.479 e. The molecule has 0 radical (unpaired) electrons. The number of carbonyl (C=O) groups excluding carboxylic acids is 1. The number of aliphatic carboxylic acids is 1. The van der Waals surface area contributed by atoms with Crippen LogP contribution < -0.4 is 0 Å². The summed E-state index contributed by atoms with van der Waals surface area (Å²) in [6, 6.07) is 7.80. The van der Waals surface area contributed by atoms with E-state index in [-0.39, 0.29) is 19.1 Å². The Labute approximate surface area is 139 Å². The van der Waals surface area contributed by atoms with E-state index in [0.717, 1.165) is 16.9 Å². The number of carboxylic acids is 1. The van der Waals surface area contributed by atoms with Crippen molar-refractivity contribution in [2.45, 2.75) is 20.0 Å². The van der Waals surface area contributed by atoms with Crippen molar-refractivity contribution < 1.29 is 19.4 Å². The van der Waals surface area contributed by atoms with Gasteiger partial charge in [-0.3, -0.25) is 4.79 Å². The van der Waals surface area contributed by atoms with Gasteiger partial charge in [-0.25, -0.2) is 9.48 Å². The van der Waals surface area contributed by atoms with E-state index < -0.39 is 12.1 Å². The number of aryl methyl sites for hydroxylation is 1. The summed E-state index contributed by atoms with van der Waals surface area (Å²) in [5.74, 6) is -1.28. The van der Waals surface area contributed by atoms with Gasteiger partial charge in [-0.2, -0.15) is 5.10 Å². The van der Waals surface area contributed by atoms with Crippen molar-refractivity contribution in [3.8, 4) is 5.69 Å². The number of ether oxygens (including phenoxy) is 1. The van der Waals surface area contributed by atoms with E-state index in [1.807, 2.05) is 38.1 Å². The first kappa shape index (κ1) is 16.2. The SMILES string of the molecule is Cc1ccccc1-n1ncc(C(=O)N2CCO[C@H](C(=O)O)C2)c1C. The second-order valence-electron chi connectivity index (χ2n) is 5.79. The predicted octanol–water partition coefficient (Wildman–Crippen LogP) is 1.41. The van der Waals surface area contributed by atoms with Crippen LogP contribution in [0.3, 0.4) is 0 Å². The minimum atomic E-state index is -1.06. The Morgan fingerprint density at radius 3 is 2.75 bits per heavy atom. The molecule has 7 heteroatoms. The number of nitrogens with zero attached hydrogens (tertiary/aromatic N) is 3. The Morgan fingerprint density at radius 2 is 2.04 bits per heavy atom. The molecule has 2 heterocycles. The van der Waals surface area contributed by atoms with Crippen molar-refractivity contribution in [1.29, 1.82) is 0 Å². The van der Waals surface area contributed by atoms with E-state index in [1.165, 1.54) is 11.1 Å². The van der Waals surface area contributed by atoms with Crippen LogP contribution in [0, 0.1) is 13.8 Å². The summed E-state index contributed by atoms with van der Waals surface area (Å²) in [5, 5.41) is 13.4. The molecule has 1 fully saturated rings. The lowest BCUT2D eigenvalue weighted by Crippen LogP contribution is -2.48. The fourth-order valence-electron chi connectivity index (χ4n) is 2.82. The van der Waals surface area contributed by atoms with Gasteiger partial charge in [-0.1, -0.05) is 18.2 Å². The number of carbonyl (C=O) groups is 2. The van der Waals surface area contributed by atoms with E-state index in [1.54, 1.807) is 4.68 Å². The molecule has 0 saturated carbocycles. The average molecular weight is 329 g/mol. The zero-order valence-electron chi connectivity index (χ0n) is 13.6. The molecule has 7 nitrogen and oxygen atoms in total. The molecule has 0 unspecified atom stereocenters. The van der Waals surface area contributed by atoms with Gasteiger partial charge < -0.3 is 14.7 Å². The molecule has 1 aliphatic rings. The molecule has 1 aromatic heterocycles. The zero-order valence-corrected chi connectivity index (χ0v) is 13.6. The van der Waals surface area contributed by atoms with Crippen molar-refractivity contribution in [1.82, 2.24) is 14.7 Å². The second kappa shape index (κ2) is 6.45. The van der Waals surface area contributed by atoms with Crippen LogP contribution in [0.4, 0.5) is 0 Å². The molecule has 1 saturated heterocycles. The van der Waals surface area contributed by atoms with Crippen LogP contribution >= 0.6 is 0 Å².